The van der Waals surface area contributed by atoms with E-state index in [0.717, 1.165) is 5.56 Å². The molecule has 0 saturated heterocycles. The molecule has 2 aromatic carbocycles. The number of carbonyl (C=O) groups is 1. The molecule has 2 rings (SSSR count). The monoisotopic (exact) mass is 427 g/mol. The second-order valence-corrected chi connectivity index (χ2v) is 6.50. The Morgan fingerprint density at radius 1 is 1.15 bits per heavy atom. The Morgan fingerprint density at radius 3 is 2.41 bits per heavy atom. The highest BCUT2D eigenvalue weighted by Gasteiger charge is 2.15. The number of hydrogen-bond acceptors (Lipinski definition) is 5. The molecular formula is C20H18BrN3O3. The van der Waals surface area contributed by atoms with Crippen LogP contribution in [0.1, 0.15) is 36.6 Å². The van der Waals surface area contributed by atoms with Crippen LogP contribution >= 0.6 is 15.9 Å². The van der Waals surface area contributed by atoms with E-state index in [0.29, 0.717) is 33.7 Å². The smallest absolute Gasteiger partial charge is 0.258 e. The van der Waals surface area contributed by atoms with Crippen molar-refractivity contribution in [2.24, 2.45) is 0 Å². The average molecular weight is 428 g/mol. The fourth-order valence-corrected chi connectivity index (χ4v) is 2.94. The van der Waals surface area contributed by atoms with E-state index in [1.165, 1.54) is 0 Å². The lowest BCUT2D eigenvalue weighted by atomic mass is 10.1. The standard InChI is InChI=1S/C20H18BrN3O3/c1-3-26-18-9-15(11-23)8-17(21)20(18)27-12-19(25)24-13(2)16-6-4-14(10-22)5-7-16/h4-9,13H,3,12H2,1-2H3,(H,24,25). The molecule has 0 aromatic heterocycles. The Labute approximate surface area is 166 Å². The summed E-state index contributed by atoms with van der Waals surface area (Å²) in [5, 5.41) is 20.7. The number of nitrogens with zero attached hydrogens (tertiary/aromatic N) is 2. The summed E-state index contributed by atoms with van der Waals surface area (Å²) in [7, 11) is 0. The molecule has 1 N–H and O–H groups in total. The SMILES string of the molecule is CCOc1cc(C#N)cc(Br)c1OCC(=O)NC(C)c1ccc(C#N)cc1. The van der Waals surface area contributed by atoms with Crippen LogP contribution in [0.15, 0.2) is 40.9 Å². The lowest BCUT2D eigenvalue weighted by Gasteiger charge is -2.17. The first-order valence-corrected chi connectivity index (χ1v) is 9.06. The van der Waals surface area contributed by atoms with Gasteiger partial charge < -0.3 is 14.8 Å². The average Bonchev–Trinajstić information content (AvgIpc) is 2.67. The molecule has 0 fully saturated rings. The molecule has 7 heteroatoms. The van der Waals surface area contributed by atoms with Crippen LogP contribution in [0.2, 0.25) is 0 Å². The molecule has 0 aliphatic heterocycles. The number of nitriles is 2. The minimum absolute atomic E-state index is 0.203. The summed E-state index contributed by atoms with van der Waals surface area (Å²) in [5.74, 6) is 0.471. The van der Waals surface area contributed by atoms with Crippen LogP contribution in [0.3, 0.4) is 0 Å². The largest absolute Gasteiger partial charge is 0.490 e. The van der Waals surface area contributed by atoms with E-state index in [1.807, 2.05) is 19.9 Å². The van der Waals surface area contributed by atoms with Gasteiger partial charge in [0.15, 0.2) is 18.1 Å². The van der Waals surface area contributed by atoms with E-state index in [2.05, 4.69) is 27.3 Å². The molecule has 1 amide bonds. The van der Waals surface area contributed by atoms with Gasteiger partial charge in [-0.05, 0) is 53.5 Å². The molecule has 2 aromatic rings. The van der Waals surface area contributed by atoms with Gasteiger partial charge in [-0.2, -0.15) is 10.5 Å². The Bertz CT molecular complexity index is 898. The fourth-order valence-electron chi connectivity index (χ4n) is 2.39. The number of hydrogen-bond donors (Lipinski definition) is 1. The van der Waals surface area contributed by atoms with Gasteiger partial charge in [0, 0.05) is 6.07 Å². The molecule has 0 aliphatic rings. The van der Waals surface area contributed by atoms with Gasteiger partial charge in [0.1, 0.15) is 0 Å². The van der Waals surface area contributed by atoms with E-state index in [9.17, 15) is 4.79 Å². The van der Waals surface area contributed by atoms with Crippen molar-refractivity contribution in [1.82, 2.24) is 5.32 Å². The van der Waals surface area contributed by atoms with Crippen LogP contribution < -0.4 is 14.8 Å². The van der Waals surface area contributed by atoms with Crippen LogP contribution in [-0.4, -0.2) is 19.1 Å². The zero-order valence-corrected chi connectivity index (χ0v) is 16.5. The molecule has 138 valence electrons. The minimum Gasteiger partial charge on any atom is -0.490 e. The summed E-state index contributed by atoms with van der Waals surface area (Å²) in [5.41, 5.74) is 1.88. The van der Waals surface area contributed by atoms with Crippen molar-refractivity contribution in [3.63, 3.8) is 0 Å². The fraction of sp³-hybridized carbons (Fsp3) is 0.250. The van der Waals surface area contributed by atoms with Gasteiger partial charge in [-0.1, -0.05) is 12.1 Å². The Kier molecular flexibility index (Phi) is 7.22. The van der Waals surface area contributed by atoms with Gasteiger partial charge in [-0.3, -0.25) is 4.79 Å². The summed E-state index contributed by atoms with van der Waals surface area (Å²) >= 11 is 3.35. The van der Waals surface area contributed by atoms with E-state index in [-0.39, 0.29) is 18.6 Å². The first-order chi connectivity index (χ1) is 13.0. The molecule has 1 atom stereocenters. The lowest BCUT2D eigenvalue weighted by Crippen LogP contribution is -2.31. The van der Waals surface area contributed by atoms with E-state index in [4.69, 9.17) is 20.0 Å². The summed E-state index contributed by atoms with van der Waals surface area (Å²) < 4.78 is 11.7. The summed E-state index contributed by atoms with van der Waals surface area (Å²) in [6, 6.07) is 14.1. The minimum atomic E-state index is -0.300. The lowest BCUT2D eigenvalue weighted by molar-refractivity contribution is -0.123. The van der Waals surface area contributed by atoms with Crippen molar-refractivity contribution < 1.29 is 14.3 Å². The number of amides is 1. The van der Waals surface area contributed by atoms with Gasteiger partial charge >= 0.3 is 0 Å². The van der Waals surface area contributed by atoms with Crippen molar-refractivity contribution >= 4 is 21.8 Å². The molecule has 0 aliphatic carbocycles. The highest BCUT2D eigenvalue weighted by Crippen LogP contribution is 2.36. The Balaban J connectivity index is 2.02. The predicted molar refractivity (Wildman–Crippen MR) is 103 cm³/mol. The van der Waals surface area contributed by atoms with Crippen LogP contribution in [0.4, 0.5) is 0 Å². The normalized spacial score (nSPS) is 11.0. The molecule has 1 unspecified atom stereocenters. The van der Waals surface area contributed by atoms with Gasteiger partial charge in [0.25, 0.3) is 5.91 Å². The third-order valence-electron chi connectivity index (χ3n) is 3.70. The summed E-state index contributed by atoms with van der Waals surface area (Å²) in [6.07, 6.45) is 0. The van der Waals surface area contributed by atoms with Crippen molar-refractivity contribution in [3.05, 3.63) is 57.6 Å². The highest BCUT2D eigenvalue weighted by atomic mass is 79.9. The first kappa shape index (κ1) is 20.3. The molecule has 0 bridgehead atoms. The third-order valence-corrected chi connectivity index (χ3v) is 4.29. The molecule has 0 saturated carbocycles. The summed E-state index contributed by atoms with van der Waals surface area (Å²) in [6.45, 7) is 3.87. The molecule has 27 heavy (non-hydrogen) atoms. The van der Waals surface area contributed by atoms with Gasteiger partial charge in [-0.25, -0.2) is 0 Å². The maximum Gasteiger partial charge on any atom is 0.258 e. The molecule has 0 heterocycles. The number of nitrogens with one attached hydrogen (secondary N) is 1. The van der Waals surface area contributed by atoms with Crippen LogP contribution in [0, 0.1) is 22.7 Å². The Morgan fingerprint density at radius 2 is 1.81 bits per heavy atom. The quantitative estimate of drug-likeness (QED) is 0.723. The Hall–Kier alpha value is -3.03. The first-order valence-electron chi connectivity index (χ1n) is 8.27. The highest BCUT2D eigenvalue weighted by molar-refractivity contribution is 9.10. The van der Waals surface area contributed by atoms with Crippen molar-refractivity contribution in [3.8, 4) is 23.6 Å². The maximum atomic E-state index is 12.2. The van der Waals surface area contributed by atoms with E-state index < -0.39 is 0 Å². The van der Waals surface area contributed by atoms with E-state index in [1.54, 1.807) is 36.4 Å². The second-order valence-electron chi connectivity index (χ2n) is 5.64. The number of halogens is 1. The van der Waals surface area contributed by atoms with Gasteiger partial charge in [0.05, 0.1) is 40.4 Å². The van der Waals surface area contributed by atoms with Crippen molar-refractivity contribution in [2.75, 3.05) is 13.2 Å². The van der Waals surface area contributed by atoms with Crippen LogP contribution in [0.5, 0.6) is 11.5 Å². The van der Waals surface area contributed by atoms with Crippen LogP contribution in [-0.2, 0) is 4.79 Å². The van der Waals surface area contributed by atoms with Crippen molar-refractivity contribution in [1.29, 1.82) is 10.5 Å². The van der Waals surface area contributed by atoms with Crippen LogP contribution in [0.25, 0.3) is 0 Å². The topological polar surface area (TPSA) is 95.1 Å². The third kappa shape index (κ3) is 5.47. The second kappa shape index (κ2) is 9.61. The molecule has 6 nitrogen and oxygen atoms in total. The number of rotatable bonds is 7. The summed E-state index contributed by atoms with van der Waals surface area (Å²) in [4.78, 5) is 12.2. The predicted octanol–water partition coefficient (Wildman–Crippen LogP) is 3.85. The maximum absolute atomic E-state index is 12.2. The van der Waals surface area contributed by atoms with E-state index >= 15 is 0 Å². The number of benzene rings is 2. The number of ether oxygens (including phenoxy) is 2. The van der Waals surface area contributed by atoms with Crippen molar-refractivity contribution in [2.45, 2.75) is 19.9 Å². The van der Waals surface area contributed by atoms with Gasteiger partial charge in [0.2, 0.25) is 0 Å². The number of carbonyl (C=O) groups excluding carboxylic acids is 1. The molecule has 0 spiro atoms. The van der Waals surface area contributed by atoms with Gasteiger partial charge in [-0.15, -0.1) is 0 Å². The zero-order chi connectivity index (χ0) is 19.8. The molecule has 0 radical (unpaired) electrons. The molecular weight excluding hydrogens is 410 g/mol. The zero-order valence-electron chi connectivity index (χ0n) is 15.0.